The highest BCUT2D eigenvalue weighted by Crippen LogP contribution is 2.32. The van der Waals surface area contributed by atoms with E-state index in [2.05, 4.69) is 5.32 Å². The fourth-order valence-electron chi connectivity index (χ4n) is 1.70. The summed E-state index contributed by atoms with van der Waals surface area (Å²) in [6.07, 6.45) is 3.24. The fraction of sp³-hybridized carbons (Fsp3) is 0.188. The van der Waals surface area contributed by atoms with Crippen LogP contribution in [0.1, 0.15) is 4.88 Å². The van der Waals surface area contributed by atoms with Gasteiger partial charge in [-0.25, -0.2) is 0 Å². The minimum Gasteiger partial charge on any atom is -0.487 e. The highest BCUT2D eigenvalue weighted by molar-refractivity contribution is 7.10. The fourth-order valence-corrected chi connectivity index (χ4v) is 2.55. The molecule has 2 rings (SSSR count). The van der Waals surface area contributed by atoms with Gasteiger partial charge in [0.15, 0.2) is 5.75 Å². The smallest absolute Gasteiger partial charge is 0.248 e. The van der Waals surface area contributed by atoms with Crippen molar-refractivity contribution in [2.75, 3.05) is 25.6 Å². The van der Waals surface area contributed by atoms with E-state index in [0.29, 0.717) is 29.7 Å². The van der Waals surface area contributed by atoms with Crippen molar-refractivity contribution in [1.82, 2.24) is 0 Å². The summed E-state index contributed by atoms with van der Waals surface area (Å²) in [5.41, 5.74) is 0.532. The number of amides is 1. The Hall–Kier alpha value is -1.82. The third kappa shape index (κ3) is 4.87. The van der Waals surface area contributed by atoms with Gasteiger partial charge in [0.05, 0.1) is 17.3 Å². The molecule has 1 heterocycles. The number of para-hydroxylation sites is 1. The van der Waals surface area contributed by atoms with E-state index in [0.717, 1.165) is 4.88 Å². The Morgan fingerprint density at radius 2 is 2.18 bits per heavy atom. The van der Waals surface area contributed by atoms with E-state index in [1.807, 2.05) is 17.5 Å². The van der Waals surface area contributed by atoms with Crippen molar-refractivity contribution < 1.29 is 14.3 Å². The average molecular weight is 338 g/mol. The molecule has 0 aliphatic carbocycles. The number of ether oxygens (including phenoxy) is 2. The highest BCUT2D eigenvalue weighted by Gasteiger charge is 2.10. The summed E-state index contributed by atoms with van der Waals surface area (Å²) in [5, 5.41) is 5.16. The minimum absolute atomic E-state index is 0.243. The predicted molar refractivity (Wildman–Crippen MR) is 90.8 cm³/mol. The van der Waals surface area contributed by atoms with Crippen molar-refractivity contribution >= 4 is 40.6 Å². The van der Waals surface area contributed by atoms with E-state index < -0.39 is 0 Å². The Kier molecular flexibility index (Phi) is 6.45. The predicted octanol–water partition coefficient (Wildman–Crippen LogP) is 4.08. The number of nitrogens with one attached hydrogen (secondary N) is 1. The van der Waals surface area contributed by atoms with Crippen LogP contribution in [0.4, 0.5) is 5.69 Å². The first kappa shape index (κ1) is 16.5. The van der Waals surface area contributed by atoms with E-state index in [1.54, 1.807) is 42.7 Å². The Bertz CT molecular complexity index is 641. The van der Waals surface area contributed by atoms with Crippen molar-refractivity contribution in [3.05, 3.63) is 51.7 Å². The van der Waals surface area contributed by atoms with Gasteiger partial charge in [-0.3, -0.25) is 4.79 Å². The largest absolute Gasteiger partial charge is 0.487 e. The highest BCUT2D eigenvalue weighted by atomic mass is 35.5. The van der Waals surface area contributed by atoms with E-state index in [1.165, 1.54) is 6.08 Å². The molecule has 6 heteroatoms. The van der Waals surface area contributed by atoms with Crippen LogP contribution in [0.5, 0.6) is 5.75 Å². The van der Waals surface area contributed by atoms with Crippen LogP contribution in [0.3, 0.4) is 0 Å². The van der Waals surface area contributed by atoms with Crippen LogP contribution in [0.2, 0.25) is 5.02 Å². The summed E-state index contributed by atoms with van der Waals surface area (Å²) in [6.45, 7) is 0.797. The van der Waals surface area contributed by atoms with Crippen molar-refractivity contribution in [1.29, 1.82) is 0 Å². The molecule has 1 N–H and O–H groups in total. The van der Waals surface area contributed by atoms with Gasteiger partial charge in [-0.15, -0.1) is 11.3 Å². The molecule has 0 aliphatic heterocycles. The second-order valence-electron chi connectivity index (χ2n) is 4.30. The van der Waals surface area contributed by atoms with Gasteiger partial charge < -0.3 is 14.8 Å². The van der Waals surface area contributed by atoms with Crippen LogP contribution in [-0.4, -0.2) is 26.2 Å². The Morgan fingerprint density at radius 3 is 2.91 bits per heavy atom. The lowest BCUT2D eigenvalue weighted by Gasteiger charge is -2.13. The maximum absolute atomic E-state index is 12.0. The summed E-state index contributed by atoms with van der Waals surface area (Å²) in [7, 11) is 1.59. The topological polar surface area (TPSA) is 47.6 Å². The van der Waals surface area contributed by atoms with E-state index >= 15 is 0 Å². The lowest BCUT2D eigenvalue weighted by atomic mass is 10.3. The molecule has 0 saturated carbocycles. The third-order valence-corrected chi connectivity index (χ3v) is 3.84. The van der Waals surface area contributed by atoms with Gasteiger partial charge in [0, 0.05) is 18.1 Å². The van der Waals surface area contributed by atoms with Crippen LogP contribution >= 0.6 is 22.9 Å². The molecule has 0 spiro atoms. The number of carbonyl (C=O) groups excluding carboxylic acids is 1. The van der Waals surface area contributed by atoms with Crippen LogP contribution < -0.4 is 10.1 Å². The number of rotatable bonds is 7. The minimum atomic E-state index is -0.243. The molecule has 0 saturated heterocycles. The number of methoxy groups -OCH3 is 1. The molecule has 0 bridgehead atoms. The van der Waals surface area contributed by atoms with Gasteiger partial charge in [-0.2, -0.15) is 0 Å². The van der Waals surface area contributed by atoms with Gasteiger partial charge in [-0.1, -0.05) is 23.7 Å². The van der Waals surface area contributed by atoms with E-state index in [-0.39, 0.29) is 5.91 Å². The van der Waals surface area contributed by atoms with Crippen LogP contribution in [0.15, 0.2) is 41.8 Å². The summed E-state index contributed by atoms with van der Waals surface area (Å²) >= 11 is 7.68. The zero-order chi connectivity index (χ0) is 15.8. The van der Waals surface area contributed by atoms with Gasteiger partial charge >= 0.3 is 0 Å². The first-order valence-corrected chi connectivity index (χ1v) is 7.89. The number of anilines is 1. The number of hydrogen-bond donors (Lipinski definition) is 1. The standard InChI is InChI=1S/C16H16ClNO3S/c1-20-9-10-21-16-13(17)5-2-6-14(16)18-15(19)8-7-12-4-3-11-22-12/h2-8,11H,9-10H2,1H3,(H,18,19)/b8-7+. The summed E-state index contributed by atoms with van der Waals surface area (Å²) in [5.74, 6) is 0.200. The molecular weight excluding hydrogens is 322 g/mol. The maximum atomic E-state index is 12.0. The number of carbonyl (C=O) groups is 1. The van der Waals surface area contributed by atoms with Crippen LogP contribution in [-0.2, 0) is 9.53 Å². The molecule has 0 atom stereocenters. The van der Waals surface area contributed by atoms with Gasteiger partial charge in [-0.05, 0) is 29.7 Å². The molecule has 4 nitrogen and oxygen atoms in total. The molecule has 2 aromatic rings. The molecular formula is C16H16ClNO3S. The zero-order valence-electron chi connectivity index (χ0n) is 12.0. The number of hydrogen-bond acceptors (Lipinski definition) is 4. The molecule has 0 unspecified atom stereocenters. The average Bonchev–Trinajstić information content (AvgIpc) is 3.01. The third-order valence-electron chi connectivity index (χ3n) is 2.70. The molecule has 0 aliphatic rings. The summed E-state index contributed by atoms with van der Waals surface area (Å²) < 4.78 is 10.5. The maximum Gasteiger partial charge on any atom is 0.248 e. The second kappa shape index (κ2) is 8.58. The molecule has 1 aromatic heterocycles. The van der Waals surface area contributed by atoms with E-state index in [9.17, 15) is 4.79 Å². The lowest BCUT2D eigenvalue weighted by molar-refractivity contribution is -0.111. The summed E-state index contributed by atoms with van der Waals surface area (Å²) in [6, 6.07) is 9.07. The zero-order valence-corrected chi connectivity index (χ0v) is 13.6. The number of benzene rings is 1. The van der Waals surface area contributed by atoms with Crippen LogP contribution in [0.25, 0.3) is 6.08 Å². The van der Waals surface area contributed by atoms with Gasteiger partial charge in [0.2, 0.25) is 5.91 Å². The second-order valence-corrected chi connectivity index (χ2v) is 5.68. The monoisotopic (exact) mass is 337 g/mol. The Balaban J connectivity index is 2.04. The van der Waals surface area contributed by atoms with E-state index in [4.69, 9.17) is 21.1 Å². The van der Waals surface area contributed by atoms with Crippen molar-refractivity contribution in [2.45, 2.75) is 0 Å². The normalized spacial score (nSPS) is 10.8. The molecule has 0 fully saturated rings. The molecule has 22 heavy (non-hydrogen) atoms. The number of halogens is 1. The summed E-state index contributed by atoms with van der Waals surface area (Å²) in [4.78, 5) is 13.0. The number of thiophene rings is 1. The van der Waals surface area contributed by atoms with Crippen LogP contribution in [0, 0.1) is 0 Å². The van der Waals surface area contributed by atoms with Crippen molar-refractivity contribution in [3.8, 4) is 5.75 Å². The van der Waals surface area contributed by atoms with Crippen molar-refractivity contribution in [2.24, 2.45) is 0 Å². The molecule has 0 radical (unpaired) electrons. The van der Waals surface area contributed by atoms with Crippen molar-refractivity contribution in [3.63, 3.8) is 0 Å². The van der Waals surface area contributed by atoms with Gasteiger partial charge in [0.1, 0.15) is 6.61 Å². The van der Waals surface area contributed by atoms with Gasteiger partial charge in [0.25, 0.3) is 0 Å². The SMILES string of the molecule is COCCOc1c(Cl)cccc1NC(=O)/C=C/c1cccs1. The Labute approximate surface area is 138 Å². The molecule has 1 aromatic carbocycles. The molecule has 116 valence electrons. The first-order valence-electron chi connectivity index (χ1n) is 6.63. The lowest BCUT2D eigenvalue weighted by Crippen LogP contribution is -2.11. The first-order chi connectivity index (χ1) is 10.7. The Morgan fingerprint density at radius 1 is 1.32 bits per heavy atom. The quantitative estimate of drug-likeness (QED) is 0.611. The molecule has 1 amide bonds.